The molecule has 0 radical (unpaired) electrons. The number of ether oxygens (including phenoxy) is 1. The third-order valence-corrected chi connectivity index (χ3v) is 5.23. The molecule has 0 bridgehead atoms. The van der Waals surface area contributed by atoms with Gasteiger partial charge >= 0.3 is 5.97 Å². The maximum Gasteiger partial charge on any atom is 0.344 e. The molecule has 1 atom stereocenters. The van der Waals surface area contributed by atoms with Crippen LogP contribution in [0.5, 0.6) is 5.75 Å². The lowest BCUT2D eigenvalue weighted by Gasteiger charge is -2.12. The summed E-state index contributed by atoms with van der Waals surface area (Å²) in [6.07, 6.45) is 1.11. The Labute approximate surface area is 183 Å². The summed E-state index contributed by atoms with van der Waals surface area (Å²) in [4.78, 5) is 28.4. The number of nitrogens with zero attached hydrogens (tertiary/aromatic N) is 3. The summed E-state index contributed by atoms with van der Waals surface area (Å²) in [7, 11) is 0. The van der Waals surface area contributed by atoms with Crippen molar-refractivity contribution in [2.75, 3.05) is 0 Å². The predicted octanol–water partition coefficient (Wildman–Crippen LogP) is 4.22. The van der Waals surface area contributed by atoms with Gasteiger partial charge in [0.05, 0.1) is 21.6 Å². The molecule has 0 amide bonds. The summed E-state index contributed by atoms with van der Waals surface area (Å²) in [6, 6.07) is 10.5. The van der Waals surface area contributed by atoms with Crippen molar-refractivity contribution in [2.24, 2.45) is 5.10 Å². The minimum Gasteiger partial charge on any atom is -0.479 e. The van der Waals surface area contributed by atoms with Gasteiger partial charge < -0.3 is 9.84 Å². The first kappa shape index (κ1) is 21.2. The number of rotatable bonds is 6. The zero-order chi connectivity index (χ0) is 21.1. The molecule has 7 nitrogen and oxygen atoms in total. The van der Waals surface area contributed by atoms with E-state index in [-0.39, 0.29) is 5.56 Å². The number of benzene rings is 2. The van der Waals surface area contributed by atoms with E-state index in [4.69, 9.17) is 9.84 Å². The molecular formula is C20H17Br2N3O4. The van der Waals surface area contributed by atoms with Crippen LogP contribution >= 0.6 is 31.9 Å². The summed E-state index contributed by atoms with van der Waals surface area (Å²) in [5, 5.41) is 13.8. The van der Waals surface area contributed by atoms with Crippen molar-refractivity contribution in [1.82, 2.24) is 9.66 Å². The highest BCUT2D eigenvalue weighted by Crippen LogP contribution is 2.26. The van der Waals surface area contributed by atoms with Crippen molar-refractivity contribution in [1.29, 1.82) is 0 Å². The normalized spacial score (nSPS) is 12.4. The molecule has 2 aromatic carbocycles. The maximum absolute atomic E-state index is 12.9. The molecular weight excluding hydrogens is 506 g/mol. The minimum atomic E-state index is -1.05. The summed E-state index contributed by atoms with van der Waals surface area (Å²) < 4.78 is 8.04. The fraction of sp³-hybridized carbons (Fsp3) is 0.200. The van der Waals surface area contributed by atoms with Crippen LogP contribution in [-0.4, -0.2) is 33.1 Å². The Hall–Kier alpha value is -2.52. The highest BCUT2D eigenvalue weighted by atomic mass is 79.9. The average Bonchev–Trinajstić information content (AvgIpc) is 2.69. The van der Waals surface area contributed by atoms with Crippen LogP contribution in [0.2, 0.25) is 0 Å². The monoisotopic (exact) mass is 521 g/mol. The van der Waals surface area contributed by atoms with Crippen LogP contribution < -0.4 is 10.3 Å². The Balaban J connectivity index is 1.96. The van der Waals surface area contributed by atoms with Crippen molar-refractivity contribution in [2.45, 2.75) is 26.4 Å². The van der Waals surface area contributed by atoms with Crippen molar-refractivity contribution >= 4 is 54.9 Å². The third kappa shape index (κ3) is 4.73. The molecule has 0 saturated heterocycles. The second-order valence-corrected chi connectivity index (χ2v) is 7.96. The van der Waals surface area contributed by atoms with Gasteiger partial charge in [0, 0.05) is 10.9 Å². The summed E-state index contributed by atoms with van der Waals surface area (Å²) in [5.41, 5.74) is 1.08. The van der Waals surface area contributed by atoms with Crippen LogP contribution in [0.4, 0.5) is 0 Å². The van der Waals surface area contributed by atoms with Gasteiger partial charge in [-0.2, -0.15) is 9.78 Å². The van der Waals surface area contributed by atoms with E-state index < -0.39 is 12.1 Å². The van der Waals surface area contributed by atoms with Crippen LogP contribution in [0, 0.1) is 0 Å². The molecule has 9 heteroatoms. The molecule has 1 N–H and O–H groups in total. The van der Waals surface area contributed by atoms with Crippen LogP contribution in [0.25, 0.3) is 10.9 Å². The number of aromatic nitrogens is 2. The van der Waals surface area contributed by atoms with Gasteiger partial charge in [0.1, 0.15) is 11.6 Å². The van der Waals surface area contributed by atoms with Gasteiger partial charge in [-0.15, -0.1) is 0 Å². The van der Waals surface area contributed by atoms with Crippen LogP contribution in [0.15, 0.2) is 55.2 Å². The van der Waals surface area contributed by atoms with E-state index in [2.05, 4.69) is 41.9 Å². The van der Waals surface area contributed by atoms with Gasteiger partial charge in [0.25, 0.3) is 5.56 Å². The van der Waals surface area contributed by atoms with Crippen LogP contribution in [0.3, 0.4) is 0 Å². The number of carboxylic acid groups (broad SMARTS) is 1. The first-order valence-electron chi connectivity index (χ1n) is 8.74. The van der Waals surface area contributed by atoms with E-state index in [1.165, 1.54) is 11.6 Å². The summed E-state index contributed by atoms with van der Waals surface area (Å²) in [6.45, 7) is 3.36. The van der Waals surface area contributed by atoms with E-state index >= 15 is 0 Å². The second kappa shape index (κ2) is 8.87. The van der Waals surface area contributed by atoms with Gasteiger partial charge in [-0.3, -0.25) is 4.79 Å². The van der Waals surface area contributed by atoms with Gasteiger partial charge in [-0.1, -0.05) is 22.9 Å². The van der Waals surface area contributed by atoms with Gasteiger partial charge in [0.15, 0.2) is 6.10 Å². The Morgan fingerprint density at radius 1 is 1.31 bits per heavy atom. The highest BCUT2D eigenvalue weighted by Gasteiger charge is 2.14. The zero-order valence-corrected chi connectivity index (χ0v) is 18.8. The molecule has 3 rings (SSSR count). The van der Waals surface area contributed by atoms with Crippen molar-refractivity contribution in [3.63, 3.8) is 0 Å². The number of fused-ring (bicyclic) bond motifs is 1. The number of carboxylic acids is 1. The summed E-state index contributed by atoms with van der Waals surface area (Å²) >= 11 is 6.74. The number of aliphatic carboxylic acids is 1. The van der Waals surface area contributed by atoms with Crippen LogP contribution in [0.1, 0.15) is 25.2 Å². The number of halogens is 2. The molecule has 0 unspecified atom stereocenters. The molecule has 0 saturated carbocycles. The predicted molar refractivity (Wildman–Crippen MR) is 118 cm³/mol. The number of aryl methyl sites for hydroxylation is 1. The molecule has 0 aliphatic heterocycles. The molecule has 0 spiro atoms. The molecule has 3 aromatic rings. The molecule has 0 aliphatic carbocycles. The Bertz CT molecular complexity index is 1170. The van der Waals surface area contributed by atoms with Crippen molar-refractivity contribution in [3.8, 4) is 5.75 Å². The van der Waals surface area contributed by atoms with E-state index in [1.807, 2.05) is 13.0 Å². The van der Waals surface area contributed by atoms with E-state index in [1.54, 1.807) is 36.5 Å². The number of carbonyl (C=O) groups is 1. The Morgan fingerprint density at radius 3 is 2.72 bits per heavy atom. The van der Waals surface area contributed by atoms with E-state index in [0.717, 1.165) is 4.47 Å². The summed E-state index contributed by atoms with van der Waals surface area (Å²) in [5.74, 6) is -0.0967. The Kier molecular flexibility index (Phi) is 6.49. The average molecular weight is 523 g/mol. The molecule has 1 heterocycles. The Morgan fingerprint density at radius 2 is 2.07 bits per heavy atom. The SMILES string of the molecule is CCc1nc2ccc(Br)cc2c(=O)n1N=Cc1ccc(O[C@@H](C)C(=O)O)c(Br)c1. The largest absolute Gasteiger partial charge is 0.479 e. The minimum absolute atomic E-state index is 0.251. The lowest BCUT2D eigenvalue weighted by Crippen LogP contribution is -2.23. The van der Waals surface area contributed by atoms with Gasteiger partial charge in [0.2, 0.25) is 0 Å². The fourth-order valence-electron chi connectivity index (χ4n) is 2.60. The van der Waals surface area contributed by atoms with Crippen molar-refractivity contribution in [3.05, 3.63) is 67.1 Å². The standard InChI is InChI=1S/C20H17Br2N3O4/c1-3-18-24-16-6-5-13(21)9-14(16)19(26)25(18)23-10-12-4-7-17(15(22)8-12)29-11(2)20(27)28/h4-11H,3H2,1-2H3,(H,27,28)/t11-/m0/s1. The van der Waals surface area contributed by atoms with Crippen LogP contribution in [-0.2, 0) is 11.2 Å². The maximum atomic E-state index is 12.9. The topological polar surface area (TPSA) is 93.8 Å². The van der Waals surface area contributed by atoms with E-state index in [0.29, 0.717) is 38.9 Å². The molecule has 0 aliphatic rings. The second-order valence-electron chi connectivity index (χ2n) is 6.19. The number of hydrogen-bond donors (Lipinski definition) is 1. The number of hydrogen-bond acceptors (Lipinski definition) is 5. The molecule has 29 heavy (non-hydrogen) atoms. The lowest BCUT2D eigenvalue weighted by atomic mass is 10.2. The highest BCUT2D eigenvalue weighted by molar-refractivity contribution is 9.10. The first-order valence-corrected chi connectivity index (χ1v) is 10.3. The fourth-order valence-corrected chi connectivity index (χ4v) is 3.45. The molecule has 0 fully saturated rings. The molecule has 1 aromatic heterocycles. The first-order chi connectivity index (χ1) is 13.8. The van der Waals surface area contributed by atoms with Gasteiger partial charge in [-0.25, -0.2) is 9.78 Å². The lowest BCUT2D eigenvalue weighted by molar-refractivity contribution is -0.144. The smallest absolute Gasteiger partial charge is 0.344 e. The molecule has 150 valence electrons. The third-order valence-electron chi connectivity index (χ3n) is 4.12. The van der Waals surface area contributed by atoms with E-state index in [9.17, 15) is 9.59 Å². The van der Waals surface area contributed by atoms with Gasteiger partial charge in [-0.05, 0) is 64.8 Å². The zero-order valence-electron chi connectivity index (χ0n) is 15.6. The van der Waals surface area contributed by atoms with Crippen molar-refractivity contribution < 1.29 is 14.6 Å². The quantitative estimate of drug-likeness (QED) is 0.489.